The highest BCUT2D eigenvalue weighted by atomic mass is 16.5. The first-order valence-electron chi connectivity index (χ1n) is 8.33. The Morgan fingerprint density at radius 1 is 1.26 bits per heavy atom. The fourth-order valence-electron chi connectivity index (χ4n) is 3.24. The van der Waals surface area contributed by atoms with Crippen LogP contribution in [0.25, 0.3) is 0 Å². The van der Waals surface area contributed by atoms with Gasteiger partial charge >= 0.3 is 6.03 Å². The zero-order valence-electron chi connectivity index (χ0n) is 14.3. The fraction of sp³-hybridized carbons (Fsp3) is 0.611. The SMILES string of the molecule is COc1ccc(C(NC(=O)NC2(CO)CCCC2)C(C)C)cc1. The molecule has 0 heterocycles. The summed E-state index contributed by atoms with van der Waals surface area (Å²) in [6, 6.07) is 7.45. The van der Waals surface area contributed by atoms with Crippen molar-refractivity contribution in [2.24, 2.45) is 5.92 Å². The number of urea groups is 1. The van der Waals surface area contributed by atoms with Crippen LogP contribution in [0.2, 0.25) is 0 Å². The lowest BCUT2D eigenvalue weighted by molar-refractivity contribution is 0.160. The highest BCUT2D eigenvalue weighted by Crippen LogP contribution is 2.29. The Morgan fingerprint density at radius 3 is 2.35 bits per heavy atom. The molecular weight excluding hydrogens is 292 g/mol. The van der Waals surface area contributed by atoms with Crippen LogP contribution in [-0.2, 0) is 0 Å². The van der Waals surface area contributed by atoms with Gasteiger partial charge in [-0.3, -0.25) is 0 Å². The van der Waals surface area contributed by atoms with E-state index < -0.39 is 5.54 Å². The number of benzene rings is 1. The molecule has 1 aliphatic rings. The molecule has 3 N–H and O–H groups in total. The van der Waals surface area contributed by atoms with Crippen LogP contribution in [0.3, 0.4) is 0 Å². The molecule has 1 aromatic carbocycles. The minimum atomic E-state index is -0.453. The summed E-state index contributed by atoms with van der Waals surface area (Å²) in [5.41, 5.74) is 0.589. The smallest absolute Gasteiger partial charge is 0.315 e. The first-order valence-corrected chi connectivity index (χ1v) is 8.33. The van der Waals surface area contributed by atoms with Gasteiger partial charge in [-0.2, -0.15) is 0 Å². The molecule has 2 amide bonds. The van der Waals surface area contributed by atoms with Crippen molar-refractivity contribution in [3.63, 3.8) is 0 Å². The molecule has 1 atom stereocenters. The largest absolute Gasteiger partial charge is 0.497 e. The summed E-state index contributed by atoms with van der Waals surface area (Å²) >= 11 is 0. The van der Waals surface area contributed by atoms with E-state index >= 15 is 0 Å². The zero-order valence-corrected chi connectivity index (χ0v) is 14.3. The van der Waals surface area contributed by atoms with E-state index in [0.717, 1.165) is 37.0 Å². The molecule has 0 radical (unpaired) electrons. The summed E-state index contributed by atoms with van der Waals surface area (Å²) in [5.74, 6) is 1.05. The number of aliphatic hydroxyl groups excluding tert-OH is 1. The predicted molar refractivity (Wildman–Crippen MR) is 90.5 cm³/mol. The number of hydrogen-bond donors (Lipinski definition) is 3. The summed E-state index contributed by atoms with van der Waals surface area (Å²) in [4.78, 5) is 12.4. The number of amides is 2. The number of aliphatic hydroxyl groups is 1. The molecule has 128 valence electrons. The van der Waals surface area contributed by atoms with Crippen LogP contribution in [0.15, 0.2) is 24.3 Å². The van der Waals surface area contributed by atoms with E-state index in [4.69, 9.17) is 4.74 Å². The number of ether oxygens (including phenoxy) is 1. The minimum Gasteiger partial charge on any atom is -0.497 e. The van der Waals surface area contributed by atoms with Crippen molar-refractivity contribution in [2.45, 2.75) is 51.1 Å². The molecule has 23 heavy (non-hydrogen) atoms. The summed E-state index contributed by atoms with van der Waals surface area (Å²) < 4.78 is 5.18. The lowest BCUT2D eigenvalue weighted by atomic mass is 9.95. The van der Waals surface area contributed by atoms with Gasteiger partial charge in [-0.1, -0.05) is 38.8 Å². The molecule has 1 unspecified atom stereocenters. The lowest BCUT2D eigenvalue weighted by Gasteiger charge is -2.30. The third kappa shape index (κ3) is 4.38. The van der Waals surface area contributed by atoms with Gasteiger partial charge in [0.05, 0.1) is 25.3 Å². The van der Waals surface area contributed by atoms with E-state index in [1.807, 2.05) is 24.3 Å². The maximum Gasteiger partial charge on any atom is 0.315 e. The summed E-state index contributed by atoms with van der Waals surface area (Å²) in [6.07, 6.45) is 3.78. The Hall–Kier alpha value is -1.75. The molecular formula is C18H28N2O3. The van der Waals surface area contributed by atoms with Gasteiger partial charge in [0.15, 0.2) is 0 Å². The number of methoxy groups -OCH3 is 1. The van der Waals surface area contributed by atoms with E-state index in [1.165, 1.54) is 0 Å². The molecule has 2 rings (SSSR count). The molecule has 0 aliphatic heterocycles. The zero-order chi connectivity index (χ0) is 16.9. The molecule has 1 aromatic rings. The normalized spacial score (nSPS) is 17.8. The summed E-state index contributed by atoms with van der Waals surface area (Å²) in [7, 11) is 1.64. The second-order valence-corrected chi connectivity index (χ2v) is 6.74. The Balaban J connectivity index is 2.04. The number of rotatable bonds is 6. The average Bonchev–Trinajstić information content (AvgIpc) is 3.01. The third-order valence-electron chi connectivity index (χ3n) is 4.67. The van der Waals surface area contributed by atoms with Gasteiger partial charge in [0, 0.05) is 0 Å². The lowest BCUT2D eigenvalue weighted by Crippen LogP contribution is -2.53. The topological polar surface area (TPSA) is 70.6 Å². The summed E-state index contributed by atoms with van der Waals surface area (Å²) in [5, 5.41) is 15.7. The molecule has 1 fully saturated rings. The van der Waals surface area contributed by atoms with Crippen molar-refractivity contribution in [3.05, 3.63) is 29.8 Å². The average molecular weight is 320 g/mol. The molecule has 1 saturated carbocycles. The van der Waals surface area contributed by atoms with Crippen LogP contribution in [-0.4, -0.2) is 30.4 Å². The van der Waals surface area contributed by atoms with Gasteiger partial charge in [0.1, 0.15) is 5.75 Å². The van der Waals surface area contributed by atoms with Gasteiger partial charge in [0.2, 0.25) is 0 Å². The minimum absolute atomic E-state index is 0.00466. The van der Waals surface area contributed by atoms with E-state index in [-0.39, 0.29) is 24.6 Å². The first kappa shape index (κ1) is 17.6. The van der Waals surface area contributed by atoms with Crippen LogP contribution in [0.4, 0.5) is 4.79 Å². The molecule has 0 saturated heterocycles. The van der Waals surface area contributed by atoms with E-state index in [9.17, 15) is 9.90 Å². The Morgan fingerprint density at radius 2 is 1.87 bits per heavy atom. The molecule has 0 aromatic heterocycles. The number of carbonyl (C=O) groups is 1. The number of carbonyl (C=O) groups excluding carboxylic acids is 1. The third-order valence-corrected chi connectivity index (χ3v) is 4.67. The van der Waals surface area contributed by atoms with Crippen molar-refractivity contribution in [1.29, 1.82) is 0 Å². The molecule has 5 heteroatoms. The number of nitrogens with one attached hydrogen (secondary N) is 2. The van der Waals surface area contributed by atoms with Crippen LogP contribution in [0.5, 0.6) is 5.75 Å². The molecule has 1 aliphatic carbocycles. The second-order valence-electron chi connectivity index (χ2n) is 6.74. The fourth-order valence-corrected chi connectivity index (χ4v) is 3.24. The van der Waals surface area contributed by atoms with Crippen molar-refractivity contribution in [2.75, 3.05) is 13.7 Å². The van der Waals surface area contributed by atoms with Crippen molar-refractivity contribution in [3.8, 4) is 5.75 Å². The van der Waals surface area contributed by atoms with E-state index in [2.05, 4.69) is 24.5 Å². The molecule has 0 spiro atoms. The maximum absolute atomic E-state index is 12.4. The highest BCUT2D eigenvalue weighted by Gasteiger charge is 2.35. The first-order chi connectivity index (χ1) is 11.0. The van der Waals surface area contributed by atoms with Crippen molar-refractivity contribution >= 4 is 6.03 Å². The molecule has 5 nitrogen and oxygen atoms in total. The maximum atomic E-state index is 12.4. The quantitative estimate of drug-likeness (QED) is 0.754. The monoisotopic (exact) mass is 320 g/mol. The second kappa shape index (κ2) is 7.68. The predicted octanol–water partition coefficient (Wildman–Crippen LogP) is 3.00. The van der Waals surface area contributed by atoms with Crippen LogP contribution >= 0.6 is 0 Å². The van der Waals surface area contributed by atoms with Crippen molar-refractivity contribution < 1.29 is 14.6 Å². The Bertz CT molecular complexity index is 508. The van der Waals surface area contributed by atoms with Gasteiger partial charge in [-0.25, -0.2) is 4.79 Å². The highest BCUT2D eigenvalue weighted by molar-refractivity contribution is 5.75. The van der Waals surface area contributed by atoms with Gasteiger partial charge in [-0.05, 0) is 36.5 Å². The van der Waals surface area contributed by atoms with Gasteiger partial charge in [-0.15, -0.1) is 0 Å². The Kier molecular flexibility index (Phi) is 5.88. The Labute approximate surface area is 138 Å². The van der Waals surface area contributed by atoms with Crippen LogP contribution < -0.4 is 15.4 Å². The van der Waals surface area contributed by atoms with Gasteiger partial charge in [0.25, 0.3) is 0 Å². The van der Waals surface area contributed by atoms with E-state index in [0.29, 0.717) is 0 Å². The van der Waals surface area contributed by atoms with Crippen molar-refractivity contribution in [1.82, 2.24) is 10.6 Å². The number of hydrogen-bond acceptors (Lipinski definition) is 3. The standard InChI is InChI=1S/C18H28N2O3/c1-13(2)16(14-6-8-15(23-3)9-7-14)19-17(22)20-18(12-21)10-4-5-11-18/h6-9,13,16,21H,4-5,10-12H2,1-3H3,(H2,19,20,22). The van der Waals surface area contributed by atoms with Crippen LogP contribution in [0.1, 0.15) is 51.1 Å². The van der Waals surface area contributed by atoms with Crippen LogP contribution in [0, 0.1) is 5.92 Å². The van der Waals surface area contributed by atoms with Gasteiger partial charge < -0.3 is 20.5 Å². The molecule has 0 bridgehead atoms. The van der Waals surface area contributed by atoms with E-state index in [1.54, 1.807) is 7.11 Å². The summed E-state index contributed by atoms with van der Waals surface area (Å²) in [6.45, 7) is 4.15.